The molecule has 0 heterocycles. The van der Waals surface area contributed by atoms with Crippen LogP contribution in [0.15, 0.2) is 29.5 Å². The number of allylic oxidation sites excluding steroid dienone is 2. The van der Waals surface area contributed by atoms with Gasteiger partial charge in [0.15, 0.2) is 16.6 Å². The van der Waals surface area contributed by atoms with Crippen LogP contribution in [0.2, 0.25) is 39.3 Å². The van der Waals surface area contributed by atoms with Crippen LogP contribution >= 0.6 is 0 Å². The first-order valence-corrected chi connectivity index (χ1v) is 20.6. The Bertz CT molecular complexity index is 724. The van der Waals surface area contributed by atoms with Gasteiger partial charge in [0.2, 0.25) is 0 Å². The van der Waals surface area contributed by atoms with Crippen molar-refractivity contribution < 1.29 is 23.2 Å². The van der Waals surface area contributed by atoms with Gasteiger partial charge in [0.05, 0.1) is 25.0 Å². The van der Waals surface area contributed by atoms with E-state index in [1.54, 1.807) is 7.11 Å². The van der Waals surface area contributed by atoms with E-state index in [2.05, 4.69) is 75.7 Å². The summed E-state index contributed by atoms with van der Waals surface area (Å²) in [6.45, 7) is 15.8. The third-order valence-corrected chi connectivity index (χ3v) is 8.15. The number of carbonyl (C=O) groups excluding carboxylic acids is 1. The number of nitrogens with zero attached hydrogens (tertiary/aromatic N) is 1. The number of hydrogen-bond acceptors (Lipinski definition) is 6. The zero-order valence-corrected chi connectivity index (χ0v) is 26.5. The lowest BCUT2D eigenvalue weighted by molar-refractivity contribution is -0.140. The summed E-state index contributed by atoms with van der Waals surface area (Å²) in [6.07, 6.45) is 17.8. The fraction of sp³-hybridized carbons (Fsp3) is 0.786. The van der Waals surface area contributed by atoms with E-state index in [4.69, 9.17) is 18.4 Å². The molecule has 1 fully saturated rings. The van der Waals surface area contributed by atoms with Gasteiger partial charge in [-0.1, -0.05) is 55.6 Å². The molecule has 0 aliphatic heterocycles. The molecule has 1 rings (SSSR count). The highest BCUT2D eigenvalue weighted by atomic mass is 28.4. The Morgan fingerprint density at radius 1 is 1.06 bits per heavy atom. The van der Waals surface area contributed by atoms with Crippen LogP contribution in [0.3, 0.4) is 0 Å². The van der Waals surface area contributed by atoms with Crippen molar-refractivity contribution in [2.24, 2.45) is 17.0 Å². The highest BCUT2D eigenvalue weighted by Crippen LogP contribution is 2.38. The molecule has 0 N–H and O–H groups in total. The van der Waals surface area contributed by atoms with E-state index >= 15 is 0 Å². The van der Waals surface area contributed by atoms with Gasteiger partial charge in [0.1, 0.15) is 7.11 Å². The molecular formula is C28H53NO5Si2. The van der Waals surface area contributed by atoms with E-state index in [-0.39, 0.29) is 30.0 Å². The predicted molar refractivity (Wildman–Crippen MR) is 155 cm³/mol. The summed E-state index contributed by atoms with van der Waals surface area (Å²) in [5, 5.41) is 4.43. The Morgan fingerprint density at radius 3 is 2.36 bits per heavy atom. The Morgan fingerprint density at radius 2 is 1.78 bits per heavy atom. The molecular weight excluding hydrogens is 486 g/mol. The molecule has 208 valence electrons. The Kier molecular flexibility index (Phi) is 15.1. The van der Waals surface area contributed by atoms with Crippen LogP contribution in [0.1, 0.15) is 64.7 Å². The minimum Gasteiger partial charge on any atom is -0.469 e. The van der Waals surface area contributed by atoms with Gasteiger partial charge in [0, 0.05) is 24.7 Å². The quantitative estimate of drug-likeness (QED) is 0.0630. The summed E-state index contributed by atoms with van der Waals surface area (Å²) < 4.78 is 18.0. The third kappa shape index (κ3) is 13.9. The normalized spacial score (nSPS) is 23.1. The molecule has 36 heavy (non-hydrogen) atoms. The van der Waals surface area contributed by atoms with Crippen LogP contribution in [-0.4, -0.2) is 54.7 Å². The molecule has 0 aromatic heterocycles. The average molecular weight is 540 g/mol. The number of unbranched alkanes of at least 4 members (excludes halogenated alkanes) is 3. The number of methoxy groups -OCH3 is 1. The van der Waals surface area contributed by atoms with Crippen molar-refractivity contribution in [3.05, 3.63) is 24.3 Å². The topological polar surface area (TPSA) is 66.4 Å². The first-order valence-electron chi connectivity index (χ1n) is 13.8. The second-order valence-electron chi connectivity index (χ2n) is 11.7. The van der Waals surface area contributed by atoms with Crippen LogP contribution in [0, 0.1) is 11.8 Å². The lowest BCUT2D eigenvalue weighted by Crippen LogP contribution is -2.35. The van der Waals surface area contributed by atoms with Gasteiger partial charge in [-0.25, -0.2) is 0 Å². The molecule has 0 spiro atoms. The number of hydrogen-bond donors (Lipinski definition) is 0. The van der Waals surface area contributed by atoms with Gasteiger partial charge in [-0.15, -0.1) is 0 Å². The van der Waals surface area contributed by atoms with Crippen molar-refractivity contribution in [2.45, 2.75) is 116 Å². The van der Waals surface area contributed by atoms with E-state index in [9.17, 15) is 4.79 Å². The summed E-state index contributed by atoms with van der Waals surface area (Å²) in [5.74, 6) is 0.297. The van der Waals surface area contributed by atoms with Gasteiger partial charge < -0.3 is 18.4 Å². The molecule has 0 unspecified atom stereocenters. The average Bonchev–Trinajstić information content (AvgIpc) is 3.07. The molecule has 1 saturated carbocycles. The number of oxime groups is 1. The number of esters is 1. The fourth-order valence-corrected chi connectivity index (χ4v) is 6.90. The minimum absolute atomic E-state index is 0.0997. The maximum atomic E-state index is 11.4. The second-order valence-corrected chi connectivity index (χ2v) is 20.7. The summed E-state index contributed by atoms with van der Waals surface area (Å²) in [6, 6.07) is 0. The largest absolute Gasteiger partial charge is 0.469 e. The molecule has 4 atom stereocenters. The minimum atomic E-state index is -1.75. The van der Waals surface area contributed by atoms with Crippen LogP contribution in [-0.2, 0) is 23.2 Å². The molecule has 1 aliphatic rings. The molecule has 0 aromatic carbocycles. The summed E-state index contributed by atoms with van der Waals surface area (Å²) in [7, 11) is -0.354. The SMILES string of the molecule is CCCCC[C@@H](/C=C/[C@H]1[C@H](O[Si](C)(C)C)C/C(=N\OC)[C@@H]1C/C=C\CCCC(=O)OC)O[Si](C)(C)C. The fourth-order valence-electron chi connectivity index (χ4n) is 4.65. The van der Waals surface area contributed by atoms with Crippen LogP contribution in [0.4, 0.5) is 0 Å². The number of carbonyl (C=O) groups is 1. The van der Waals surface area contributed by atoms with Gasteiger partial charge in [-0.05, 0) is 65.0 Å². The molecule has 8 heteroatoms. The third-order valence-electron chi connectivity index (χ3n) is 6.13. The molecule has 0 saturated heterocycles. The maximum Gasteiger partial charge on any atom is 0.305 e. The van der Waals surface area contributed by atoms with Crippen LogP contribution < -0.4 is 0 Å². The first-order chi connectivity index (χ1) is 16.9. The van der Waals surface area contributed by atoms with Gasteiger partial charge in [0.25, 0.3) is 0 Å². The molecule has 6 nitrogen and oxygen atoms in total. The van der Waals surface area contributed by atoms with Gasteiger partial charge >= 0.3 is 5.97 Å². The lowest BCUT2D eigenvalue weighted by atomic mass is 9.89. The highest BCUT2D eigenvalue weighted by molar-refractivity contribution is 6.70. The van der Waals surface area contributed by atoms with E-state index in [0.717, 1.165) is 37.8 Å². The van der Waals surface area contributed by atoms with Crippen LogP contribution in [0.5, 0.6) is 0 Å². The summed E-state index contributed by atoms with van der Waals surface area (Å²) in [4.78, 5) is 16.6. The molecule has 0 radical (unpaired) electrons. The Hall–Kier alpha value is -1.23. The van der Waals surface area contributed by atoms with Crippen molar-refractivity contribution in [3.63, 3.8) is 0 Å². The maximum absolute atomic E-state index is 11.4. The van der Waals surface area contributed by atoms with Gasteiger partial charge in [-0.2, -0.15) is 0 Å². The van der Waals surface area contributed by atoms with Crippen LogP contribution in [0.25, 0.3) is 0 Å². The highest BCUT2D eigenvalue weighted by Gasteiger charge is 2.42. The second kappa shape index (κ2) is 16.6. The molecule has 0 amide bonds. The smallest absolute Gasteiger partial charge is 0.305 e. The Labute approximate surface area is 223 Å². The van der Waals surface area contributed by atoms with Crippen molar-refractivity contribution in [3.8, 4) is 0 Å². The first kappa shape index (κ1) is 32.8. The Balaban J connectivity index is 3.09. The van der Waals surface area contributed by atoms with Crippen molar-refractivity contribution in [2.75, 3.05) is 14.2 Å². The zero-order chi connectivity index (χ0) is 27.2. The predicted octanol–water partition coefficient (Wildman–Crippen LogP) is 7.49. The van der Waals surface area contributed by atoms with Crippen molar-refractivity contribution in [1.82, 2.24) is 0 Å². The molecule has 1 aliphatic carbocycles. The molecule has 0 bridgehead atoms. The summed E-state index contributed by atoms with van der Waals surface area (Å²) in [5.41, 5.74) is 1.07. The van der Waals surface area contributed by atoms with E-state index in [1.165, 1.54) is 26.4 Å². The lowest BCUT2D eigenvalue weighted by Gasteiger charge is -2.29. The van der Waals surface area contributed by atoms with Gasteiger partial charge in [-0.3, -0.25) is 4.79 Å². The standard InChI is InChI=1S/C28H53NO5Si2/c1-10-11-14-17-23(33-35(4,5)6)20-21-25-24(18-15-12-13-16-19-28(30)31-2)26(29-32-3)22-27(25)34-36(7,8)9/h12,15,20-21,23-25,27H,10-11,13-14,16-19,22H2,1-9H3/b15-12-,21-20+,29-26+/t23-,24+,25+,27+/m0/s1. The number of ether oxygens (including phenoxy) is 1. The van der Waals surface area contributed by atoms with Crippen molar-refractivity contribution in [1.29, 1.82) is 0 Å². The zero-order valence-electron chi connectivity index (χ0n) is 24.5. The van der Waals surface area contributed by atoms with E-state index < -0.39 is 16.6 Å². The van der Waals surface area contributed by atoms with E-state index in [1.807, 2.05) is 0 Å². The molecule has 0 aromatic rings. The van der Waals surface area contributed by atoms with Crippen molar-refractivity contribution >= 4 is 28.3 Å². The number of rotatable bonds is 17. The van der Waals surface area contributed by atoms with E-state index in [0.29, 0.717) is 6.42 Å². The monoisotopic (exact) mass is 539 g/mol. The summed E-state index contributed by atoms with van der Waals surface area (Å²) >= 11 is 0.